The lowest BCUT2D eigenvalue weighted by Crippen LogP contribution is -2.56. The zero-order valence-electron chi connectivity index (χ0n) is 16.0. The van der Waals surface area contributed by atoms with Gasteiger partial charge in [-0.2, -0.15) is 0 Å². The lowest BCUT2D eigenvalue weighted by molar-refractivity contribution is -0.255. The standard InChI is InChI=1S/C20H30O7/c1-13(21)22-12-14-15-16(25-19(24-15)8-4-2-5-9-19)17-18(23-14)27-20(26-17)10-6-3-7-11-20/h14-18H,2-12H2,1H3/t14-,15+,16-,17+,18+/m0/s1. The molecule has 7 nitrogen and oxygen atoms in total. The molecule has 0 aromatic carbocycles. The van der Waals surface area contributed by atoms with E-state index in [9.17, 15) is 4.79 Å². The predicted molar refractivity (Wildman–Crippen MR) is 92.6 cm³/mol. The third-order valence-corrected chi connectivity index (χ3v) is 6.66. The van der Waals surface area contributed by atoms with E-state index < -0.39 is 24.0 Å². The Morgan fingerprint density at radius 1 is 0.815 bits per heavy atom. The molecule has 0 aromatic heterocycles. The number of esters is 1. The number of carbonyl (C=O) groups is 1. The van der Waals surface area contributed by atoms with Gasteiger partial charge in [0.05, 0.1) is 0 Å². The molecule has 2 aliphatic carbocycles. The van der Waals surface area contributed by atoms with Gasteiger partial charge >= 0.3 is 5.97 Å². The average molecular weight is 382 g/mol. The molecule has 7 heteroatoms. The van der Waals surface area contributed by atoms with Gasteiger partial charge in [-0.3, -0.25) is 4.79 Å². The van der Waals surface area contributed by atoms with Gasteiger partial charge in [0.2, 0.25) is 0 Å². The molecule has 152 valence electrons. The maximum absolute atomic E-state index is 11.3. The van der Waals surface area contributed by atoms with Crippen molar-refractivity contribution >= 4 is 5.97 Å². The Bertz CT molecular complexity index is 567. The van der Waals surface area contributed by atoms with Crippen LogP contribution in [0.2, 0.25) is 0 Å². The van der Waals surface area contributed by atoms with Crippen molar-refractivity contribution in [2.24, 2.45) is 0 Å². The van der Waals surface area contributed by atoms with Crippen LogP contribution in [0.25, 0.3) is 0 Å². The van der Waals surface area contributed by atoms with E-state index in [4.69, 9.17) is 28.4 Å². The van der Waals surface area contributed by atoms with Gasteiger partial charge in [-0.1, -0.05) is 12.8 Å². The highest BCUT2D eigenvalue weighted by Crippen LogP contribution is 2.50. The van der Waals surface area contributed by atoms with Crippen molar-refractivity contribution < 1.29 is 33.2 Å². The van der Waals surface area contributed by atoms with Crippen LogP contribution in [0.15, 0.2) is 0 Å². The highest BCUT2D eigenvalue weighted by atomic mass is 16.9. The molecular weight excluding hydrogens is 352 g/mol. The minimum absolute atomic E-state index is 0.148. The minimum atomic E-state index is -0.555. The Labute approximate surface area is 159 Å². The van der Waals surface area contributed by atoms with Crippen molar-refractivity contribution in [2.45, 2.75) is 113 Å². The number of rotatable bonds is 2. The summed E-state index contributed by atoms with van der Waals surface area (Å²) in [7, 11) is 0. The third kappa shape index (κ3) is 3.31. The number of hydrogen-bond donors (Lipinski definition) is 0. The maximum atomic E-state index is 11.3. The Balaban J connectivity index is 1.38. The van der Waals surface area contributed by atoms with Crippen LogP contribution in [0.4, 0.5) is 0 Å². The SMILES string of the molecule is CC(=O)OC[C@@H]1O[C@@H]2OC3(CCCCC3)O[C@@H]2[C@H]2OC3(CCCCC3)O[C@@H]21. The Hall–Kier alpha value is -0.730. The first-order valence-electron chi connectivity index (χ1n) is 10.6. The summed E-state index contributed by atoms with van der Waals surface area (Å²) in [5.74, 6) is -1.43. The van der Waals surface area contributed by atoms with E-state index in [0.717, 1.165) is 51.4 Å². The topological polar surface area (TPSA) is 72.5 Å². The van der Waals surface area contributed by atoms with Gasteiger partial charge in [0, 0.05) is 32.6 Å². The fourth-order valence-electron chi connectivity index (χ4n) is 5.37. The van der Waals surface area contributed by atoms with Crippen LogP contribution in [0, 0.1) is 0 Å². The van der Waals surface area contributed by atoms with Crippen LogP contribution >= 0.6 is 0 Å². The van der Waals surface area contributed by atoms with E-state index in [1.807, 2.05) is 0 Å². The van der Waals surface area contributed by atoms with E-state index in [0.29, 0.717) is 0 Å². The Morgan fingerprint density at radius 3 is 2.00 bits per heavy atom. The lowest BCUT2D eigenvalue weighted by Gasteiger charge is -2.36. The fourth-order valence-corrected chi connectivity index (χ4v) is 5.37. The quantitative estimate of drug-likeness (QED) is 0.680. The highest BCUT2D eigenvalue weighted by molar-refractivity contribution is 5.65. The van der Waals surface area contributed by atoms with Crippen molar-refractivity contribution in [3.63, 3.8) is 0 Å². The second kappa shape index (κ2) is 6.95. The molecule has 2 spiro atoms. The first-order chi connectivity index (χ1) is 13.1. The lowest BCUT2D eigenvalue weighted by atomic mass is 9.94. The van der Waals surface area contributed by atoms with Gasteiger partial charge in [0.25, 0.3) is 0 Å². The van der Waals surface area contributed by atoms with Crippen molar-refractivity contribution in [3.8, 4) is 0 Å². The zero-order valence-corrected chi connectivity index (χ0v) is 16.0. The molecular formula is C20H30O7. The summed E-state index contributed by atoms with van der Waals surface area (Å²) in [6.45, 7) is 1.56. The molecule has 3 heterocycles. The summed E-state index contributed by atoms with van der Waals surface area (Å²) < 4.78 is 37.2. The normalized spacial score (nSPS) is 42.0. The van der Waals surface area contributed by atoms with Crippen LogP contribution in [0.3, 0.4) is 0 Å². The fraction of sp³-hybridized carbons (Fsp3) is 0.950. The summed E-state index contributed by atoms with van der Waals surface area (Å²) in [4.78, 5) is 11.3. The molecule has 0 radical (unpaired) electrons. The van der Waals surface area contributed by atoms with Crippen LogP contribution in [-0.4, -0.2) is 54.9 Å². The van der Waals surface area contributed by atoms with Gasteiger partial charge in [0.15, 0.2) is 17.9 Å². The smallest absolute Gasteiger partial charge is 0.302 e. The number of carbonyl (C=O) groups excluding carboxylic acids is 1. The molecule has 3 aliphatic heterocycles. The molecule has 0 amide bonds. The molecule has 0 unspecified atom stereocenters. The first kappa shape index (κ1) is 18.3. The molecule has 5 aliphatic rings. The van der Waals surface area contributed by atoms with E-state index >= 15 is 0 Å². The van der Waals surface area contributed by atoms with Crippen LogP contribution in [-0.2, 0) is 33.2 Å². The second-order valence-electron chi connectivity index (χ2n) is 8.65. The first-order valence-corrected chi connectivity index (χ1v) is 10.6. The molecule has 0 bridgehead atoms. The summed E-state index contributed by atoms with van der Waals surface area (Å²) >= 11 is 0. The Kier molecular flexibility index (Phi) is 4.71. The van der Waals surface area contributed by atoms with Gasteiger partial charge in [-0.25, -0.2) is 0 Å². The molecule has 3 saturated heterocycles. The van der Waals surface area contributed by atoms with Crippen LogP contribution < -0.4 is 0 Å². The van der Waals surface area contributed by atoms with Gasteiger partial charge in [-0.15, -0.1) is 0 Å². The molecule has 5 atom stereocenters. The van der Waals surface area contributed by atoms with Crippen molar-refractivity contribution in [3.05, 3.63) is 0 Å². The molecule has 0 N–H and O–H groups in total. The van der Waals surface area contributed by atoms with Crippen LogP contribution in [0.1, 0.15) is 71.1 Å². The van der Waals surface area contributed by atoms with Crippen LogP contribution in [0.5, 0.6) is 0 Å². The predicted octanol–water partition coefficient (Wildman–Crippen LogP) is 2.79. The molecule has 2 saturated carbocycles. The molecule has 0 aromatic rings. The number of ether oxygens (including phenoxy) is 6. The minimum Gasteiger partial charge on any atom is -0.463 e. The monoisotopic (exact) mass is 382 g/mol. The largest absolute Gasteiger partial charge is 0.463 e. The molecule has 5 rings (SSSR count). The average Bonchev–Trinajstić information content (AvgIpc) is 3.19. The summed E-state index contributed by atoms with van der Waals surface area (Å²) in [5, 5.41) is 0. The van der Waals surface area contributed by atoms with Gasteiger partial charge < -0.3 is 28.4 Å². The van der Waals surface area contributed by atoms with E-state index in [1.54, 1.807) is 0 Å². The number of hydrogen-bond acceptors (Lipinski definition) is 7. The maximum Gasteiger partial charge on any atom is 0.302 e. The van der Waals surface area contributed by atoms with Crippen molar-refractivity contribution in [1.29, 1.82) is 0 Å². The Morgan fingerprint density at radius 2 is 1.37 bits per heavy atom. The third-order valence-electron chi connectivity index (χ3n) is 6.66. The second-order valence-corrected chi connectivity index (χ2v) is 8.65. The highest BCUT2D eigenvalue weighted by Gasteiger charge is 2.64. The summed E-state index contributed by atoms with van der Waals surface area (Å²) in [5.41, 5.74) is 0. The van der Waals surface area contributed by atoms with Gasteiger partial charge in [0.1, 0.15) is 31.0 Å². The van der Waals surface area contributed by atoms with E-state index in [2.05, 4.69) is 0 Å². The van der Waals surface area contributed by atoms with E-state index in [-0.39, 0.29) is 30.9 Å². The number of fused-ring (bicyclic) bond motifs is 3. The van der Waals surface area contributed by atoms with E-state index in [1.165, 1.54) is 19.8 Å². The van der Waals surface area contributed by atoms with Crippen molar-refractivity contribution in [1.82, 2.24) is 0 Å². The molecule has 5 fully saturated rings. The zero-order chi connectivity index (χ0) is 18.5. The summed E-state index contributed by atoms with van der Waals surface area (Å²) in [6, 6.07) is 0. The molecule has 27 heavy (non-hydrogen) atoms. The van der Waals surface area contributed by atoms with Gasteiger partial charge in [-0.05, 0) is 25.7 Å². The van der Waals surface area contributed by atoms with Crippen molar-refractivity contribution in [2.75, 3.05) is 6.61 Å². The summed E-state index contributed by atoms with van der Waals surface area (Å²) in [6.07, 6.45) is 8.68.